The minimum Gasteiger partial charge on any atom is -0.444 e. The van der Waals surface area contributed by atoms with Crippen LogP contribution in [0.25, 0.3) is 0 Å². The summed E-state index contributed by atoms with van der Waals surface area (Å²) in [5.41, 5.74) is -1.45. The normalized spacial score (nSPS) is 30.4. The summed E-state index contributed by atoms with van der Waals surface area (Å²) in [5.74, 6) is -2.76. The van der Waals surface area contributed by atoms with E-state index in [4.69, 9.17) is 9.47 Å². The molecule has 116 valence electrons. The highest BCUT2D eigenvalue weighted by Crippen LogP contribution is 2.36. The van der Waals surface area contributed by atoms with Crippen molar-refractivity contribution in [1.29, 1.82) is 0 Å². The average Bonchev–Trinajstić information content (AvgIpc) is 2.25. The minimum atomic E-state index is -2.76. The fraction of sp³-hybridized carbons (Fsp3) is 0.923. The predicted octanol–water partition coefficient (Wildman–Crippen LogP) is 1.97. The number of halogens is 2. The first-order chi connectivity index (χ1) is 9.11. The van der Waals surface area contributed by atoms with Gasteiger partial charge in [0.25, 0.3) is 5.92 Å². The van der Waals surface area contributed by atoms with Gasteiger partial charge in [0, 0.05) is 19.5 Å². The number of rotatable bonds is 0. The van der Waals surface area contributed by atoms with E-state index >= 15 is 0 Å². The van der Waals surface area contributed by atoms with E-state index < -0.39 is 23.2 Å². The molecule has 0 aliphatic carbocycles. The number of ether oxygens (including phenoxy) is 2. The van der Waals surface area contributed by atoms with Gasteiger partial charge in [-0.2, -0.15) is 0 Å². The van der Waals surface area contributed by atoms with E-state index in [-0.39, 0.29) is 19.7 Å². The Kier molecular flexibility index (Phi) is 3.94. The molecule has 2 fully saturated rings. The molecule has 0 bridgehead atoms. The maximum absolute atomic E-state index is 13.5. The van der Waals surface area contributed by atoms with Crippen LogP contribution < -0.4 is 5.32 Å². The lowest BCUT2D eigenvalue weighted by Gasteiger charge is -2.46. The highest BCUT2D eigenvalue weighted by molar-refractivity contribution is 5.68. The van der Waals surface area contributed by atoms with Crippen molar-refractivity contribution in [2.45, 2.75) is 50.7 Å². The SMILES string of the molecule is CC(C)(C)OC(=O)N1CCC2(CNCC(F)(F)C2)OC1. The number of hydrogen-bond acceptors (Lipinski definition) is 4. The van der Waals surface area contributed by atoms with Crippen LogP contribution in [0.1, 0.15) is 33.6 Å². The molecule has 1 unspecified atom stereocenters. The molecule has 2 saturated heterocycles. The Morgan fingerprint density at radius 3 is 2.55 bits per heavy atom. The smallest absolute Gasteiger partial charge is 0.412 e. The van der Waals surface area contributed by atoms with Gasteiger partial charge in [0.05, 0.1) is 12.1 Å². The van der Waals surface area contributed by atoms with Crippen molar-refractivity contribution < 1.29 is 23.0 Å². The molecular formula is C13H22F2N2O3. The van der Waals surface area contributed by atoms with Crippen LogP contribution in [0.15, 0.2) is 0 Å². The first kappa shape index (κ1) is 15.4. The summed E-state index contributed by atoms with van der Waals surface area (Å²) >= 11 is 0. The first-order valence-electron chi connectivity index (χ1n) is 6.81. The Morgan fingerprint density at radius 2 is 2.05 bits per heavy atom. The molecule has 0 aromatic carbocycles. The van der Waals surface area contributed by atoms with Crippen LogP contribution in [0, 0.1) is 0 Å². The molecule has 0 radical (unpaired) electrons. The third kappa shape index (κ3) is 3.79. The highest BCUT2D eigenvalue weighted by Gasteiger charge is 2.48. The Balaban J connectivity index is 1.90. The highest BCUT2D eigenvalue weighted by atomic mass is 19.3. The maximum Gasteiger partial charge on any atom is 0.412 e. The molecule has 2 aliphatic heterocycles. The van der Waals surface area contributed by atoms with Gasteiger partial charge in [-0.3, -0.25) is 4.90 Å². The topological polar surface area (TPSA) is 50.8 Å². The predicted molar refractivity (Wildman–Crippen MR) is 68.7 cm³/mol. The van der Waals surface area contributed by atoms with Gasteiger partial charge in [0.2, 0.25) is 0 Å². The molecule has 7 heteroatoms. The number of amides is 1. The zero-order chi connectivity index (χ0) is 15.0. The number of carbonyl (C=O) groups excluding carboxylic acids is 1. The van der Waals surface area contributed by atoms with Gasteiger partial charge < -0.3 is 14.8 Å². The van der Waals surface area contributed by atoms with Gasteiger partial charge in [-0.05, 0) is 27.2 Å². The maximum atomic E-state index is 13.5. The molecule has 2 aliphatic rings. The van der Waals surface area contributed by atoms with Crippen LogP contribution in [0.2, 0.25) is 0 Å². The molecule has 2 rings (SSSR count). The summed E-state index contributed by atoms with van der Waals surface area (Å²) < 4.78 is 37.7. The molecule has 1 amide bonds. The monoisotopic (exact) mass is 292 g/mol. The second-order valence-corrected chi connectivity index (χ2v) is 6.59. The molecule has 0 saturated carbocycles. The van der Waals surface area contributed by atoms with Gasteiger partial charge in [0.15, 0.2) is 0 Å². The molecule has 20 heavy (non-hydrogen) atoms. The fourth-order valence-corrected chi connectivity index (χ4v) is 2.51. The number of carbonyl (C=O) groups is 1. The fourth-order valence-electron chi connectivity index (χ4n) is 2.51. The number of alkyl halides is 2. The largest absolute Gasteiger partial charge is 0.444 e. The van der Waals surface area contributed by atoms with E-state index in [0.29, 0.717) is 19.5 Å². The Hall–Kier alpha value is -0.950. The van der Waals surface area contributed by atoms with Crippen LogP contribution in [-0.2, 0) is 9.47 Å². The van der Waals surface area contributed by atoms with Gasteiger partial charge >= 0.3 is 6.09 Å². The molecule has 2 heterocycles. The summed E-state index contributed by atoms with van der Waals surface area (Å²) in [6.45, 7) is 5.78. The molecule has 0 aromatic rings. The lowest BCUT2D eigenvalue weighted by Crippen LogP contribution is -2.60. The lowest BCUT2D eigenvalue weighted by molar-refractivity contribution is -0.185. The van der Waals surface area contributed by atoms with Gasteiger partial charge in [0.1, 0.15) is 12.3 Å². The Morgan fingerprint density at radius 1 is 1.35 bits per heavy atom. The first-order valence-corrected chi connectivity index (χ1v) is 6.81. The summed E-state index contributed by atoms with van der Waals surface area (Å²) in [4.78, 5) is 13.3. The van der Waals surface area contributed by atoms with Crippen LogP contribution in [-0.4, -0.2) is 54.5 Å². The van der Waals surface area contributed by atoms with Crippen molar-refractivity contribution >= 4 is 6.09 Å². The van der Waals surface area contributed by atoms with Crippen LogP contribution >= 0.6 is 0 Å². The lowest BCUT2D eigenvalue weighted by atomic mass is 9.87. The molecule has 5 nitrogen and oxygen atoms in total. The summed E-state index contributed by atoms with van der Waals surface area (Å²) in [7, 11) is 0. The number of nitrogens with one attached hydrogen (secondary N) is 1. The van der Waals surface area contributed by atoms with Crippen molar-refractivity contribution in [1.82, 2.24) is 10.2 Å². The van der Waals surface area contributed by atoms with Crippen LogP contribution in [0.5, 0.6) is 0 Å². The van der Waals surface area contributed by atoms with E-state index in [1.54, 1.807) is 20.8 Å². The molecule has 1 atom stereocenters. The molecular weight excluding hydrogens is 270 g/mol. The van der Waals surface area contributed by atoms with E-state index in [1.165, 1.54) is 4.90 Å². The van der Waals surface area contributed by atoms with Crippen molar-refractivity contribution in [2.75, 3.05) is 26.4 Å². The van der Waals surface area contributed by atoms with Crippen molar-refractivity contribution in [2.24, 2.45) is 0 Å². The van der Waals surface area contributed by atoms with Gasteiger partial charge in [-0.15, -0.1) is 0 Å². The standard InChI is InChI=1S/C13H22F2N2O3/c1-11(2,3)20-10(18)17-5-4-12(19-9-17)6-13(14,15)8-16-7-12/h16H,4-9H2,1-3H3. The summed E-state index contributed by atoms with van der Waals surface area (Å²) in [6.07, 6.45) is -0.382. The quantitative estimate of drug-likeness (QED) is 0.741. The van der Waals surface area contributed by atoms with Gasteiger partial charge in [-0.25, -0.2) is 13.6 Å². The molecule has 1 spiro atoms. The molecule has 1 N–H and O–H groups in total. The van der Waals surface area contributed by atoms with E-state index in [9.17, 15) is 13.6 Å². The zero-order valence-corrected chi connectivity index (χ0v) is 12.2. The van der Waals surface area contributed by atoms with Crippen LogP contribution in [0.4, 0.5) is 13.6 Å². The van der Waals surface area contributed by atoms with Crippen molar-refractivity contribution in [3.05, 3.63) is 0 Å². The molecule has 0 aromatic heterocycles. The second-order valence-electron chi connectivity index (χ2n) is 6.59. The van der Waals surface area contributed by atoms with Gasteiger partial charge in [-0.1, -0.05) is 0 Å². The van der Waals surface area contributed by atoms with Crippen LogP contribution in [0.3, 0.4) is 0 Å². The third-order valence-corrected chi connectivity index (χ3v) is 3.43. The summed E-state index contributed by atoms with van der Waals surface area (Å²) in [6, 6.07) is 0. The van der Waals surface area contributed by atoms with E-state index in [0.717, 1.165) is 0 Å². The number of piperidine rings is 1. The van der Waals surface area contributed by atoms with E-state index in [2.05, 4.69) is 5.32 Å². The minimum absolute atomic E-state index is 0.00727. The van der Waals surface area contributed by atoms with E-state index in [1.807, 2.05) is 0 Å². The second kappa shape index (κ2) is 5.11. The third-order valence-electron chi connectivity index (χ3n) is 3.43. The zero-order valence-electron chi connectivity index (χ0n) is 12.2. The number of hydrogen-bond donors (Lipinski definition) is 1. The Labute approximate surface area is 117 Å². The van der Waals surface area contributed by atoms with Crippen molar-refractivity contribution in [3.63, 3.8) is 0 Å². The summed E-state index contributed by atoms with van der Waals surface area (Å²) in [5, 5.41) is 2.71. The number of nitrogens with zero attached hydrogens (tertiary/aromatic N) is 1. The van der Waals surface area contributed by atoms with Crippen molar-refractivity contribution in [3.8, 4) is 0 Å². The Bertz CT molecular complexity index is 374. The average molecular weight is 292 g/mol.